The second-order valence-corrected chi connectivity index (χ2v) is 12.8. The van der Waals surface area contributed by atoms with E-state index >= 15 is 0 Å². The fourth-order valence-corrected chi connectivity index (χ4v) is 5.55. The Balaban J connectivity index is 1.82. The van der Waals surface area contributed by atoms with Crippen LogP contribution in [0.25, 0.3) is 0 Å². The molecule has 0 aromatic heterocycles. The highest BCUT2D eigenvalue weighted by molar-refractivity contribution is 6.32. The van der Waals surface area contributed by atoms with Crippen molar-refractivity contribution in [2.24, 2.45) is 0 Å². The van der Waals surface area contributed by atoms with E-state index in [4.69, 9.17) is 4.43 Å². The van der Waals surface area contributed by atoms with Crippen molar-refractivity contribution in [3.63, 3.8) is 0 Å². The van der Waals surface area contributed by atoms with Crippen LogP contribution in [0.4, 0.5) is 0 Å². The summed E-state index contributed by atoms with van der Waals surface area (Å²) >= 11 is 0. The predicted octanol–water partition coefficient (Wildman–Crippen LogP) is 6.79. The highest BCUT2D eigenvalue weighted by Crippen LogP contribution is 2.40. The lowest BCUT2D eigenvalue weighted by atomic mass is 9.82. The van der Waals surface area contributed by atoms with Crippen molar-refractivity contribution in [2.45, 2.75) is 69.9 Å². The standard InChI is InChI=1S/C30H38O2Si/c1-29(2,3)33-32-30(27-19-6-4-7-20-27,28-21-8-5-9-22-28)23-13-12-17-25-15-10-11-16-26(25)18-14-24-31/h4-11,15-16,19-22,24H,12-14,17-18,23,33H2,1-3H3. The SMILES string of the molecule is CC(C)(C)[SiH2]OC(CCCCc1ccccc1CCC=O)(c1ccccc1)c1ccccc1. The van der Waals surface area contributed by atoms with Gasteiger partial charge >= 0.3 is 0 Å². The maximum absolute atomic E-state index is 10.9. The fraction of sp³-hybridized carbons (Fsp3) is 0.367. The minimum atomic E-state index is -0.776. The third-order valence-corrected chi connectivity index (χ3v) is 7.61. The summed E-state index contributed by atoms with van der Waals surface area (Å²) < 4.78 is 7.00. The number of rotatable bonds is 12. The van der Waals surface area contributed by atoms with Crippen LogP contribution in [0.3, 0.4) is 0 Å². The smallest absolute Gasteiger partial charge is 0.168 e. The minimum Gasteiger partial charge on any atom is -0.410 e. The van der Waals surface area contributed by atoms with Crippen LogP contribution >= 0.6 is 0 Å². The van der Waals surface area contributed by atoms with Crippen LogP contribution in [0, 0.1) is 0 Å². The Kier molecular flexibility index (Phi) is 9.22. The number of hydrogen-bond donors (Lipinski definition) is 0. The third kappa shape index (κ3) is 7.25. The molecule has 0 bridgehead atoms. The molecular formula is C30H38O2Si. The van der Waals surface area contributed by atoms with Crippen LogP contribution in [-0.2, 0) is 27.7 Å². The maximum atomic E-state index is 10.9. The van der Waals surface area contributed by atoms with Crippen LogP contribution in [0.15, 0.2) is 84.9 Å². The van der Waals surface area contributed by atoms with E-state index in [1.807, 2.05) is 0 Å². The first kappa shape index (κ1) is 25.1. The van der Waals surface area contributed by atoms with E-state index in [2.05, 4.69) is 106 Å². The maximum Gasteiger partial charge on any atom is 0.168 e. The van der Waals surface area contributed by atoms with Gasteiger partial charge in [0.15, 0.2) is 9.76 Å². The van der Waals surface area contributed by atoms with E-state index in [1.165, 1.54) is 22.3 Å². The van der Waals surface area contributed by atoms with E-state index in [0.717, 1.165) is 38.4 Å². The molecule has 0 saturated heterocycles. The zero-order valence-corrected chi connectivity index (χ0v) is 21.8. The molecular weight excluding hydrogens is 420 g/mol. The molecule has 0 atom stereocenters. The number of carbonyl (C=O) groups is 1. The summed E-state index contributed by atoms with van der Waals surface area (Å²) in [6.07, 6.45) is 6.60. The molecule has 0 saturated carbocycles. The van der Waals surface area contributed by atoms with Crippen LogP contribution in [0.2, 0.25) is 5.04 Å². The van der Waals surface area contributed by atoms with Crippen LogP contribution in [0.5, 0.6) is 0 Å². The van der Waals surface area contributed by atoms with Crippen molar-refractivity contribution in [3.05, 3.63) is 107 Å². The molecule has 0 unspecified atom stereocenters. The Morgan fingerprint density at radius 3 is 1.76 bits per heavy atom. The van der Waals surface area contributed by atoms with Gasteiger partial charge in [0.05, 0.1) is 0 Å². The van der Waals surface area contributed by atoms with Gasteiger partial charge in [-0.15, -0.1) is 0 Å². The average Bonchev–Trinajstić information content (AvgIpc) is 2.83. The molecule has 0 aliphatic carbocycles. The first-order valence-electron chi connectivity index (χ1n) is 12.2. The highest BCUT2D eigenvalue weighted by Gasteiger charge is 2.35. The number of unbranched alkanes of at least 4 members (excludes halogenated alkanes) is 1. The normalized spacial score (nSPS) is 12.3. The van der Waals surface area contributed by atoms with Crippen molar-refractivity contribution in [2.75, 3.05) is 0 Å². The summed E-state index contributed by atoms with van der Waals surface area (Å²) in [6, 6.07) is 30.1. The first-order chi connectivity index (χ1) is 15.9. The molecule has 0 heterocycles. The molecule has 0 aliphatic rings. The van der Waals surface area contributed by atoms with E-state index in [9.17, 15) is 4.79 Å². The molecule has 0 amide bonds. The lowest BCUT2D eigenvalue weighted by molar-refractivity contribution is -0.107. The zero-order valence-electron chi connectivity index (χ0n) is 20.4. The van der Waals surface area contributed by atoms with Crippen molar-refractivity contribution in [1.82, 2.24) is 0 Å². The summed E-state index contributed by atoms with van der Waals surface area (Å²) in [5, 5.41) is 0.215. The predicted molar refractivity (Wildman–Crippen MR) is 141 cm³/mol. The molecule has 33 heavy (non-hydrogen) atoms. The monoisotopic (exact) mass is 458 g/mol. The Morgan fingerprint density at radius 1 is 0.727 bits per heavy atom. The van der Waals surface area contributed by atoms with Crippen LogP contribution < -0.4 is 0 Å². The van der Waals surface area contributed by atoms with Crippen LogP contribution in [-0.4, -0.2) is 16.0 Å². The molecule has 2 nitrogen and oxygen atoms in total. The number of aryl methyl sites for hydroxylation is 2. The third-order valence-electron chi connectivity index (χ3n) is 6.11. The molecule has 3 rings (SSSR count). The Labute approximate surface area is 202 Å². The zero-order chi connectivity index (χ0) is 23.6. The molecule has 0 N–H and O–H groups in total. The topological polar surface area (TPSA) is 26.3 Å². The molecule has 3 heteroatoms. The molecule has 3 aromatic carbocycles. The summed E-state index contributed by atoms with van der Waals surface area (Å²) in [7, 11) is -0.776. The number of hydrogen-bond acceptors (Lipinski definition) is 2. The minimum absolute atomic E-state index is 0.215. The quantitative estimate of drug-likeness (QED) is 0.170. The van der Waals surface area contributed by atoms with Gasteiger partial charge in [0, 0.05) is 6.42 Å². The van der Waals surface area contributed by atoms with Gasteiger partial charge in [-0.3, -0.25) is 0 Å². The average molecular weight is 459 g/mol. The number of benzene rings is 3. The molecule has 0 spiro atoms. The van der Waals surface area contributed by atoms with Gasteiger partial charge in [-0.25, -0.2) is 0 Å². The van der Waals surface area contributed by atoms with Gasteiger partial charge in [-0.2, -0.15) is 0 Å². The molecule has 0 aliphatic heterocycles. The molecule has 0 radical (unpaired) electrons. The largest absolute Gasteiger partial charge is 0.410 e. The summed E-state index contributed by atoms with van der Waals surface area (Å²) in [4.78, 5) is 10.9. The van der Waals surface area contributed by atoms with Crippen molar-refractivity contribution in [1.29, 1.82) is 0 Å². The van der Waals surface area contributed by atoms with Gasteiger partial charge in [-0.05, 0) is 59.4 Å². The highest BCUT2D eigenvalue weighted by atomic mass is 28.2. The number of aldehydes is 1. The Morgan fingerprint density at radius 2 is 1.24 bits per heavy atom. The van der Waals surface area contributed by atoms with Gasteiger partial charge in [0.1, 0.15) is 11.9 Å². The van der Waals surface area contributed by atoms with Crippen molar-refractivity contribution >= 4 is 16.0 Å². The summed E-state index contributed by atoms with van der Waals surface area (Å²) in [5.74, 6) is 0. The van der Waals surface area contributed by atoms with Crippen molar-refractivity contribution in [3.8, 4) is 0 Å². The Hall–Kier alpha value is -2.49. The van der Waals surface area contributed by atoms with Gasteiger partial charge < -0.3 is 9.22 Å². The summed E-state index contributed by atoms with van der Waals surface area (Å²) in [5.41, 5.74) is 4.77. The van der Waals surface area contributed by atoms with Crippen molar-refractivity contribution < 1.29 is 9.22 Å². The molecule has 0 fully saturated rings. The van der Waals surface area contributed by atoms with E-state index in [0.29, 0.717) is 6.42 Å². The van der Waals surface area contributed by atoms with E-state index < -0.39 is 15.4 Å². The lowest BCUT2D eigenvalue weighted by Crippen LogP contribution is -2.35. The van der Waals surface area contributed by atoms with Gasteiger partial charge in [0.2, 0.25) is 0 Å². The van der Waals surface area contributed by atoms with E-state index in [1.54, 1.807) is 0 Å². The Bertz CT molecular complexity index is 937. The molecule has 174 valence electrons. The lowest BCUT2D eigenvalue weighted by Gasteiger charge is -2.38. The molecule has 3 aromatic rings. The first-order valence-corrected chi connectivity index (χ1v) is 13.5. The van der Waals surface area contributed by atoms with E-state index in [-0.39, 0.29) is 5.04 Å². The van der Waals surface area contributed by atoms with Gasteiger partial charge in [0.25, 0.3) is 0 Å². The fourth-order valence-electron chi connectivity index (χ4n) is 4.40. The van der Waals surface area contributed by atoms with Gasteiger partial charge in [-0.1, -0.05) is 106 Å². The summed E-state index contributed by atoms with van der Waals surface area (Å²) in [6.45, 7) is 6.86. The number of carbonyl (C=O) groups excluding carboxylic acids is 1. The second-order valence-electron chi connectivity index (χ2n) is 10.1. The second kappa shape index (κ2) is 12.1. The van der Waals surface area contributed by atoms with Crippen LogP contribution in [0.1, 0.15) is 68.7 Å².